The van der Waals surface area contributed by atoms with Crippen molar-refractivity contribution in [2.45, 2.75) is 297 Å². The summed E-state index contributed by atoms with van der Waals surface area (Å²) in [5, 5.41) is 41.4. The molecule has 5 aromatic heterocycles. The number of carbonyl (C=O) groups is 2. The van der Waals surface area contributed by atoms with Crippen LogP contribution in [0.5, 0.6) is 0 Å². The Balaban J connectivity index is 0.991. The van der Waals surface area contributed by atoms with E-state index in [-0.39, 0.29) is 55.7 Å². The van der Waals surface area contributed by atoms with Crippen LogP contribution < -0.4 is 0 Å². The minimum absolute atomic E-state index is 0.00527. The fourth-order valence-corrected chi connectivity index (χ4v) is 29.3. The number of thiophene rings is 5. The Morgan fingerprint density at radius 3 is 0.963 bits per heavy atom. The van der Waals surface area contributed by atoms with E-state index in [1.54, 1.807) is 47.0 Å². The van der Waals surface area contributed by atoms with E-state index in [0.29, 0.717) is 23.7 Å². The second kappa shape index (κ2) is 46.3. The highest BCUT2D eigenvalue weighted by molar-refractivity contribution is 7.36. The zero-order valence-corrected chi connectivity index (χ0v) is 84.2. The number of nitriles is 4. The van der Waals surface area contributed by atoms with Gasteiger partial charge in [-0.15, -0.1) is 56.7 Å². The number of hydrogen-bond acceptors (Lipinski definition) is 11. The molecule has 0 saturated carbocycles. The number of benzene rings is 6. The molecule has 0 bridgehead atoms. The lowest BCUT2D eigenvalue weighted by Crippen LogP contribution is -2.29. The van der Waals surface area contributed by atoms with Crippen LogP contribution in [-0.4, -0.2) is 11.6 Å². The van der Waals surface area contributed by atoms with Gasteiger partial charge < -0.3 is 0 Å². The molecule has 135 heavy (non-hydrogen) atoms. The maximum absolute atomic E-state index is 15.3. The van der Waals surface area contributed by atoms with Crippen molar-refractivity contribution in [1.29, 1.82) is 21.0 Å². The highest BCUT2D eigenvalue weighted by atomic mass is 32.1. The Labute approximate surface area is 819 Å². The van der Waals surface area contributed by atoms with Gasteiger partial charge in [-0.25, -0.2) is 17.6 Å². The number of nitrogens with zero attached hydrogens (tertiary/aromatic N) is 4. The number of Topliss-reactive ketones (excluding diaryl/α,β-unsaturated/α-hetero) is 2. The Kier molecular flexibility index (Phi) is 34.1. The molecule has 0 saturated heterocycles. The number of ketones is 2. The number of allylic oxidation sites excluding steroid dienone is 10. The number of fused-ring (bicyclic) bond motifs is 13. The standard InChI is InChI=1S/C120H128F4N4O2S5/c1-9-17-25-29-39-77(35-21-13-5)63-81-47-55-87(56-48-81)119(88-57-49-82(50-58-88)64-78(36-22-14-6)40-30-26-18-10-2)99-67-91(43-33-45-93-105(85(73-125)74-126)95-69-100(121)102(123)71-97(95)110(93)129)131-112(99)114-108(119)116-118(134-114)109-117(135-116)115-107(113-104(133-115)68-92(132-113)44-34-46-94-106(86(75-127)76-128)96-70-101(122)103(124)72-98(96)111(94)130)120(109,89-59-51-83(52-60-89)65-79(37-23-15-7)41-31-27-19-11-3)90-61-53-84(54-62-90)66-80(38-24-16-8)42-32-28-20-12-4/h33-34,43-62,67-72,77-80H,9-32,35-42,63-66H2,1-8H3/b43-33+,44-34+,93-45-,94-46+. The molecule has 4 aliphatic rings. The molecular formula is C120H128F4N4O2S5. The Morgan fingerprint density at radius 2 is 0.622 bits per heavy atom. The maximum Gasteiger partial charge on any atom is 0.194 e. The minimum atomic E-state index is -1.20. The van der Waals surface area contributed by atoms with Crippen molar-refractivity contribution in [2.24, 2.45) is 23.7 Å². The molecule has 4 aliphatic carbocycles. The zero-order chi connectivity index (χ0) is 94.9. The highest BCUT2D eigenvalue weighted by Crippen LogP contribution is 2.71. The smallest absolute Gasteiger partial charge is 0.194 e. The summed E-state index contributed by atoms with van der Waals surface area (Å²) < 4.78 is 65.3. The number of unbranched alkanes of at least 4 members (excludes halogenated alkanes) is 16. The topological polar surface area (TPSA) is 129 Å². The van der Waals surface area contributed by atoms with Crippen LogP contribution in [0.3, 0.4) is 0 Å². The van der Waals surface area contributed by atoms with Crippen molar-refractivity contribution >= 4 is 110 Å². The minimum Gasteiger partial charge on any atom is -0.289 e. The molecule has 5 heterocycles. The summed E-state index contributed by atoms with van der Waals surface area (Å²) in [5.74, 6) is -3.76. The molecule has 0 N–H and O–H groups in total. The van der Waals surface area contributed by atoms with Gasteiger partial charge in [0.1, 0.15) is 35.4 Å². The normalized spacial score (nSPS) is 16.8. The second-order valence-corrected chi connectivity index (χ2v) is 43.7. The molecule has 11 aromatic rings. The molecule has 0 spiro atoms. The van der Waals surface area contributed by atoms with E-state index >= 15 is 17.6 Å². The summed E-state index contributed by atoms with van der Waals surface area (Å²) in [6.07, 6.45) is 53.2. The zero-order valence-electron chi connectivity index (χ0n) is 80.1. The summed E-state index contributed by atoms with van der Waals surface area (Å²) in [4.78, 5) is 35.5. The summed E-state index contributed by atoms with van der Waals surface area (Å²) in [6, 6.07) is 55.1. The molecule has 6 aromatic carbocycles. The molecule has 0 fully saturated rings. The van der Waals surface area contributed by atoms with Gasteiger partial charge in [0.15, 0.2) is 34.8 Å². The Morgan fingerprint density at radius 1 is 0.326 bits per heavy atom. The molecule has 0 radical (unpaired) electrons. The van der Waals surface area contributed by atoms with E-state index in [9.17, 15) is 30.6 Å². The van der Waals surface area contributed by atoms with Gasteiger partial charge in [0, 0.05) is 64.6 Å². The average Bonchev–Trinajstić information content (AvgIpc) is 1.48. The van der Waals surface area contributed by atoms with Gasteiger partial charge in [0.2, 0.25) is 0 Å². The molecule has 0 aliphatic heterocycles. The summed E-state index contributed by atoms with van der Waals surface area (Å²) >= 11 is 9.08. The maximum atomic E-state index is 15.3. The third-order valence-electron chi connectivity index (χ3n) is 29.1. The monoisotopic (exact) mass is 1890 g/mol. The van der Waals surface area contributed by atoms with E-state index in [0.717, 1.165) is 105 Å². The third kappa shape index (κ3) is 20.7. The summed E-state index contributed by atoms with van der Waals surface area (Å²) in [5.41, 5.74) is 12.1. The molecule has 15 heteroatoms. The van der Waals surface area contributed by atoms with Crippen molar-refractivity contribution < 1.29 is 27.2 Å². The van der Waals surface area contributed by atoms with E-state index in [1.807, 2.05) is 70.4 Å². The lowest BCUT2D eigenvalue weighted by atomic mass is 9.67. The van der Waals surface area contributed by atoms with Crippen LogP contribution in [0.4, 0.5) is 17.6 Å². The summed E-state index contributed by atoms with van der Waals surface area (Å²) in [7, 11) is 0. The number of halogens is 4. The molecule has 0 amide bonds. The van der Waals surface area contributed by atoms with Crippen LogP contribution in [-0.2, 0) is 36.5 Å². The van der Waals surface area contributed by atoms with E-state index in [1.165, 1.54) is 265 Å². The molecule has 4 atom stereocenters. The van der Waals surface area contributed by atoms with Gasteiger partial charge in [-0.05, 0) is 159 Å². The van der Waals surface area contributed by atoms with Crippen LogP contribution in [0, 0.1) is 92.3 Å². The van der Waals surface area contributed by atoms with Crippen LogP contribution in [0.2, 0.25) is 0 Å². The van der Waals surface area contributed by atoms with E-state index in [2.05, 4.69) is 165 Å². The van der Waals surface area contributed by atoms with E-state index < -0.39 is 45.7 Å². The highest BCUT2D eigenvalue weighted by Gasteiger charge is 2.56. The Bertz CT molecular complexity index is 6310. The average molecular weight is 1890 g/mol. The first-order valence-corrected chi connectivity index (χ1v) is 54.6. The molecule has 4 unspecified atom stereocenters. The first-order chi connectivity index (χ1) is 65.9. The van der Waals surface area contributed by atoms with Gasteiger partial charge in [-0.3, -0.25) is 9.59 Å². The van der Waals surface area contributed by atoms with Crippen LogP contribution in [0.1, 0.15) is 369 Å². The lowest BCUT2D eigenvalue weighted by molar-refractivity contribution is 0.103. The number of hydrogen-bond donors (Lipinski definition) is 0. The molecular weight excluding hydrogens is 1770 g/mol. The largest absolute Gasteiger partial charge is 0.289 e. The van der Waals surface area contributed by atoms with Crippen molar-refractivity contribution in [3.05, 3.63) is 302 Å². The summed E-state index contributed by atoms with van der Waals surface area (Å²) in [6.45, 7) is 18.4. The lowest BCUT2D eigenvalue weighted by Gasteiger charge is -2.34. The first-order valence-electron chi connectivity index (χ1n) is 50.6. The first kappa shape index (κ1) is 99.3. The van der Waals surface area contributed by atoms with Crippen molar-refractivity contribution in [1.82, 2.24) is 0 Å². The second-order valence-electron chi connectivity index (χ2n) is 38.5. The van der Waals surface area contributed by atoms with Crippen molar-refractivity contribution in [2.75, 3.05) is 0 Å². The molecule has 698 valence electrons. The van der Waals surface area contributed by atoms with Crippen LogP contribution in [0.15, 0.2) is 180 Å². The predicted octanol–water partition coefficient (Wildman–Crippen LogP) is 36.1. The fourth-order valence-electron chi connectivity index (χ4n) is 22.1. The van der Waals surface area contributed by atoms with Crippen molar-refractivity contribution in [3.8, 4) is 43.8 Å². The van der Waals surface area contributed by atoms with E-state index in [4.69, 9.17) is 0 Å². The predicted molar refractivity (Wildman–Crippen MR) is 559 cm³/mol. The van der Waals surface area contributed by atoms with Gasteiger partial charge in [-0.2, -0.15) is 21.0 Å². The fraction of sp³-hybridized carbons (Fsp3) is 0.417. The van der Waals surface area contributed by atoms with Gasteiger partial charge in [0.25, 0.3) is 0 Å². The van der Waals surface area contributed by atoms with Gasteiger partial charge in [-0.1, -0.05) is 382 Å². The quantitative estimate of drug-likeness (QED) is 0.0162. The third-order valence-corrected chi connectivity index (χ3v) is 35.5. The van der Waals surface area contributed by atoms with Crippen molar-refractivity contribution in [3.63, 3.8) is 0 Å². The van der Waals surface area contributed by atoms with Crippen LogP contribution in [0.25, 0.3) is 61.6 Å². The Hall–Kier alpha value is -10.2. The number of rotatable bonds is 48. The van der Waals surface area contributed by atoms with Gasteiger partial charge in [0.05, 0.1) is 44.4 Å². The van der Waals surface area contributed by atoms with Gasteiger partial charge >= 0.3 is 0 Å². The number of carbonyl (C=O) groups excluding carboxylic acids is 2. The molecule has 15 rings (SSSR count). The van der Waals surface area contributed by atoms with Crippen LogP contribution >= 0.6 is 56.7 Å². The SMILES string of the molecule is CCCCCCC(CCCC)Cc1ccc(C2(c3ccc(CC(CCCC)CCCCCC)cc3)c3cc(/C=C/C=C4\C(=O)c5cc(F)c(F)cc5C4=C(C#N)C#N)sc3-c3sc4c5c(sc4c32)-c2sc3cc(/C=C/C=C4/C(=O)c6cc(F)c(F)cc6C4=C(C#N)C#N)sc3c2C5(c2ccc(CC(CCCC)CCCCCC)cc2)c2ccc(CC(CCCC)CCCCCC)cc2)cc1. The molecule has 6 nitrogen and oxygen atoms in total.